The van der Waals surface area contributed by atoms with Gasteiger partial charge in [-0.3, -0.25) is 19.2 Å². The van der Waals surface area contributed by atoms with Gasteiger partial charge in [-0.05, 0) is 120 Å². The van der Waals surface area contributed by atoms with Crippen LogP contribution in [0.4, 0.5) is 9.59 Å². The van der Waals surface area contributed by atoms with Gasteiger partial charge < -0.3 is 50.0 Å². The summed E-state index contributed by atoms with van der Waals surface area (Å²) in [6, 6.07) is 12.7. The van der Waals surface area contributed by atoms with Gasteiger partial charge in [0.1, 0.15) is 29.8 Å². The average molecular weight is 959 g/mol. The lowest BCUT2D eigenvalue weighted by molar-refractivity contribution is -0.138. The molecule has 2 saturated heterocycles. The largest absolute Gasteiger partial charge is 0.465 e. The zero-order valence-corrected chi connectivity index (χ0v) is 42.1. The number of carbonyl (C=O) groups excluding carboxylic acids is 5. The Labute approximate surface area is 411 Å². The molecule has 2 fully saturated rings. The van der Waals surface area contributed by atoms with E-state index in [4.69, 9.17) is 9.84 Å². The number of carboxylic acid groups (broad SMARTS) is 1. The number of ether oxygens (including phenoxy) is 1. The molecule has 5 N–H and O–H groups in total. The summed E-state index contributed by atoms with van der Waals surface area (Å²) >= 11 is 0. The third kappa shape index (κ3) is 13.2. The number of hydrogen-bond donors (Lipinski definition) is 5. The topological polar surface area (TPSA) is 196 Å². The molecule has 70 heavy (non-hydrogen) atoms. The Morgan fingerprint density at radius 2 is 1.06 bits per heavy atom. The van der Waals surface area contributed by atoms with Gasteiger partial charge in [0.25, 0.3) is 0 Å². The molecule has 2 aromatic carbocycles. The van der Waals surface area contributed by atoms with Crippen molar-refractivity contribution < 1.29 is 38.6 Å². The molecule has 0 aliphatic carbocycles. The van der Waals surface area contributed by atoms with Gasteiger partial charge in [-0.2, -0.15) is 0 Å². The number of nitrogens with zero attached hydrogens (tertiary/aromatic N) is 4. The van der Waals surface area contributed by atoms with Crippen molar-refractivity contribution in [2.75, 3.05) is 13.1 Å². The van der Waals surface area contributed by atoms with Gasteiger partial charge in [-0.15, -0.1) is 0 Å². The molecule has 374 valence electrons. The number of hydrogen-bond acceptors (Lipinski definition) is 7. The number of para-hydroxylation sites is 2. The molecule has 6 unspecified atom stereocenters. The Balaban J connectivity index is 1.09. The molecule has 0 bridgehead atoms. The standard InChI is InChI=1S/C54H70N8O8/c1-34(2)46(57-48(63)36(5)55-52(67)68)50(65)61-28-18-20-40(61)30-38-32-59(44-24-14-12-22-42(38)44)26-16-10-11-17-27-60-33-39(43-23-13-15-25-45(43)60)31-41-21-19-29-62(41)51(66)47(35(3)4)58-49(64)37(6)56-53(69)70-54(7,8)9/h12-15,22-25,32-37,40-41,46-47,55H,18-21,26-31H2,1-9H3,(H,56,69)(H,57,63)(H,58,64)(H,67,68). The summed E-state index contributed by atoms with van der Waals surface area (Å²) < 4.78 is 9.54. The first-order valence-electron chi connectivity index (χ1n) is 24.5. The smallest absolute Gasteiger partial charge is 0.408 e. The van der Waals surface area contributed by atoms with Gasteiger partial charge in [0.2, 0.25) is 23.6 Å². The van der Waals surface area contributed by atoms with E-state index in [9.17, 15) is 28.8 Å². The lowest BCUT2D eigenvalue weighted by Gasteiger charge is -2.32. The molecule has 4 heterocycles. The Morgan fingerprint density at radius 3 is 1.46 bits per heavy atom. The third-order valence-corrected chi connectivity index (χ3v) is 13.0. The minimum Gasteiger partial charge on any atom is -0.465 e. The fourth-order valence-corrected chi connectivity index (χ4v) is 9.50. The predicted octanol–water partition coefficient (Wildman–Crippen LogP) is 6.22. The van der Waals surface area contributed by atoms with E-state index in [2.05, 4.69) is 90.7 Å². The third-order valence-electron chi connectivity index (χ3n) is 13.0. The van der Waals surface area contributed by atoms with Crippen LogP contribution < -0.4 is 21.3 Å². The summed E-state index contributed by atoms with van der Waals surface area (Å²) in [5.74, 6) is 10.9. The number of carbonyl (C=O) groups is 6. The lowest BCUT2D eigenvalue weighted by Crippen LogP contribution is -2.56. The first-order valence-corrected chi connectivity index (χ1v) is 24.5. The molecule has 2 aliphatic rings. The number of alkyl carbamates (subject to hydrolysis) is 1. The number of rotatable bonds is 16. The molecule has 16 heteroatoms. The number of likely N-dealkylation sites (tertiary alicyclic amines) is 2. The zero-order valence-electron chi connectivity index (χ0n) is 42.1. The summed E-state index contributed by atoms with van der Waals surface area (Å²) in [4.78, 5) is 81.3. The van der Waals surface area contributed by atoms with Crippen LogP contribution >= 0.6 is 0 Å². The predicted molar refractivity (Wildman–Crippen MR) is 269 cm³/mol. The van der Waals surface area contributed by atoms with Crippen LogP contribution in [0.25, 0.3) is 21.8 Å². The van der Waals surface area contributed by atoms with Crippen molar-refractivity contribution in [3.63, 3.8) is 0 Å². The highest BCUT2D eigenvalue weighted by Gasteiger charge is 2.38. The van der Waals surface area contributed by atoms with Crippen molar-refractivity contribution in [2.24, 2.45) is 11.8 Å². The maximum absolute atomic E-state index is 14.1. The Hall–Kier alpha value is -6.94. The molecule has 16 nitrogen and oxygen atoms in total. The molecule has 6 atom stereocenters. The van der Waals surface area contributed by atoms with Crippen molar-refractivity contribution in [1.29, 1.82) is 0 Å². The van der Waals surface area contributed by atoms with Crippen LogP contribution in [0.5, 0.6) is 0 Å². The molecule has 2 aromatic heterocycles. The molecule has 2 aliphatic heterocycles. The second-order valence-corrected chi connectivity index (χ2v) is 20.3. The second kappa shape index (κ2) is 23.1. The maximum atomic E-state index is 14.1. The monoisotopic (exact) mass is 959 g/mol. The molecular weight excluding hydrogens is 889 g/mol. The molecule has 6 rings (SSSR count). The summed E-state index contributed by atoms with van der Waals surface area (Å²) in [7, 11) is 0. The van der Waals surface area contributed by atoms with E-state index in [-0.39, 0.29) is 35.7 Å². The maximum Gasteiger partial charge on any atom is 0.408 e. The first kappa shape index (κ1) is 52.4. The summed E-state index contributed by atoms with van der Waals surface area (Å²) in [6.45, 7) is 17.8. The van der Waals surface area contributed by atoms with Gasteiger partial charge in [0, 0.05) is 59.4 Å². The molecule has 4 aromatic rings. The summed E-state index contributed by atoms with van der Waals surface area (Å²) in [6.07, 6.45) is 6.85. The first-order chi connectivity index (χ1) is 33.2. The van der Waals surface area contributed by atoms with Crippen molar-refractivity contribution in [1.82, 2.24) is 40.2 Å². The van der Waals surface area contributed by atoms with E-state index in [0.717, 1.165) is 58.6 Å². The number of aromatic nitrogens is 2. The minimum absolute atomic E-state index is 0.0550. The fraction of sp³-hybridized carbons (Fsp3) is 0.519. The van der Waals surface area contributed by atoms with Crippen molar-refractivity contribution in [2.45, 2.75) is 156 Å². The summed E-state index contributed by atoms with van der Waals surface area (Å²) in [5.41, 5.74) is 3.57. The highest BCUT2D eigenvalue weighted by molar-refractivity contribution is 5.93. The van der Waals surface area contributed by atoms with Crippen LogP contribution in [0, 0.1) is 35.5 Å². The fourth-order valence-electron chi connectivity index (χ4n) is 9.50. The van der Waals surface area contributed by atoms with Gasteiger partial charge in [-0.25, -0.2) is 9.59 Å². The number of amides is 6. The van der Waals surface area contributed by atoms with Gasteiger partial charge in [0.05, 0.1) is 13.1 Å². The van der Waals surface area contributed by atoms with Crippen LogP contribution in [0.15, 0.2) is 60.9 Å². The molecule has 0 radical (unpaired) electrons. The Kier molecular flexibility index (Phi) is 17.3. The molecular formula is C54H70N8O8. The van der Waals surface area contributed by atoms with Crippen LogP contribution in [0.1, 0.15) is 99.1 Å². The zero-order chi connectivity index (χ0) is 50.9. The minimum atomic E-state index is -1.31. The highest BCUT2D eigenvalue weighted by atomic mass is 16.6. The van der Waals surface area contributed by atoms with E-state index < -0.39 is 53.8 Å². The van der Waals surface area contributed by atoms with Crippen LogP contribution in [0.3, 0.4) is 0 Å². The van der Waals surface area contributed by atoms with Crippen LogP contribution in [-0.2, 0) is 49.8 Å². The average Bonchev–Trinajstić information content (AvgIpc) is 4.11. The number of fused-ring (bicyclic) bond motifs is 2. The quantitative estimate of drug-likeness (QED) is 0.0817. The summed E-state index contributed by atoms with van der Waals surface area (Å²) in [5, 5.41) is 21.7. The van der Waals surface area contributed by atoms with Crippen LogP contribution in [-0.4, -0.2) is 115 Å². The van der Waals surface area contributed by atoms with Gasteiger partial charge in [-0.1, -0.05) is 75.9 Å². The number of benzene rings is 2. The number of nitrogens with one attached hydrogen (secondary N) is 4. The highest BCUT2D eigenvalue weighted by Crippen LogP contribution is 2.30. The van der Waals surface area contributed by atoms with Gasteiger partial charge in [0.15, 0.2) is 0 Å². The normalized spacial score (nSPS) is 17.5. The van der Waals surface area contributed by atoms with E-state index in [0.29, 0.717) is 39.0 Å². The Morgan fingerprint density at radius 1 is 0.643 bits per heavy atom. The van der Waals surface area contributed by atoms with E-state index >= 15 is 0 Å². The van der Waals surface area contributed by atoms with Crippen molar-refractivity contribution in [3.05, 3.63) is 72.1 Å². The SMILES string of the molecule is CC(NC(=O)O)C(=O)NC(C(=O)N1CCCC1Cc1cn(CC#CC#CCn2cc(CC3CCCN3C(=O)C(NC(=O)C(C)NC(=O)OC(C)(C)C)C(C)C)c3ccccc32)c2ccccc12)C(C)C. The molecule has 0 saturated carbocycles. The molecule has 0 spiro atoms. The van der Waals surface area contributed by atoms with Crippen molar-refractivity contribution >= 4 is 57.6 Å². The van der Waals surface area contributed by atoms with E-state index in [1.54, 1.807) is 27.7 Å². The lowest BCUT2D eigenvalue weighted by atomic mass is 9.99. The Bertz CT molecular complexity index is 2690. The van der Waals surface area contributed by atoms with Crippen molar-refractivity contribution in [3.8, 4) is 23.7 Å². The van der Waals surface area contributed by atoms with E-state index in [1.165, 1.54) is 6.92 Å². The molecule has 6 amide bonds. The second-order valence-electron chi connectivity index (χ2n) is 20.3. The van der Waals surface area contributed by atoms with Crippen LogP contribution in [0.2, 0.25) is 0 Å². The van der Waals surface area contributed by atoms with Gasteiger partial charge >= 0.3 is 12.2 Å². The van der Waals surface area contributed by atoms with E-state index in [1.807, 2.05) is 61.8 Å².